The van der Waals surface area contributed by atoms with Gasteiger partial charge in [-0.25, -0.2) is 4.99 Å². The van der Waals surface area contributed by atoms with Gasteiger partial charge in [-0.15, -0.1) is 0 Å². The smallest absolute Gasteiger partial charge is 0.267 e. The van der Waals surface area contributed by atoms with Crippen molar-refractivity contribution in [3.63, 3.8) is 0 Å². The van der Waals surface area contributed by atoms with Gasteiger partial charge in [0.25, 0.3) is 5.91 Å². The Morgan fingerprint density at radius 3 is 2.49 bits per heavy atom. The van der Waals surface area contributed by atoms with Gasteiger partial charge in [-0.2, -0.15) is 0 Å². The molecule has 2 aromatic heterocycles. The van der Waals surface area contributed by atoms with Crippen molar-refractivity contribution in [1.82, 2.24) is 9.47 Å². The molecule has 0 atom stereocenters. The van der Waals surface area contributed by atoms with Gasteiger partial charge >= 0.3 is 0 Å². The van der Waals surface area contributed by atoms with Gasteiger partial charge in [0, 0.05) is 34.2 Å². The number of hydrogen-bond acceptors (Lipinski definition) is 4. The number of rotatable bonds is 6. The van der Waals surface area contributed by atoms with Crippen molar-refractivity contribution >= 4 is 57.1 Å². The molecule has 5 aromatic rings. The van der Waals surface area contributed by atoms with E-state index in [9.17, 15) is 4.79 Å². The predicted molar refractivity (Wildman–Crippen MR) is 151 cm³/mol. The Labute approximate surface area is 223 Å². The van der Waals surface area contributed by atoms with Crippen molar-refractivity contribution < 1.29 is 9.21 Å². The zero-order valence-electron chi connectivity index (χ0n) is 19.8. The van der Waals surface area contributed by atoms with Crippen LogP contribution >= 0.6 is 23.4 Å². The van der Waals surface area contributed by atoms with Crippen molar-refractivity contribution in [2.24, 2.45) is 4.99 Å². The third-order valence-corrected chi connectivity index (χ3v) is 7.54. The van der Waals surface area contributed by atoms with Gasteiger partial charge in [-0.3, -0.25) is 9.69 Å². The van der Waals surface area contributed by atoms with Crippen LogP contribution in [0.4, 0.5) is 5.69 Å². The summed E-state index contributed by atoms with van der Waals surface area (Å²) in [5.74, 6) is 0.603. The average molecular weight is 524 g/mol. The van der Waals surface area contributed by atoms with Crippen LogP contribution in [-0.2, 0) is 17.9 Å². The monoisotopic (exact) mass is 523 g/mol. The number of benzene rings is 3. The van der Waals surface area contributed by atoms with Crippen LogP contribution < -0.4 is 0 Å². The number of para-hydroxylation sites is 2. The molecule has 5 nitrogen and oxygen atoms in total. The third-order valence-electron chi connectivity index (χ3n) is 6.17. The summed E-state index contributed by atoms with van der Waals surface area (Å²) in [6.45, 7) is 0.950. The maximum atomic E-state index is 13.6. The SMILES string of the molecule is O=C1/C(=C\c2cn(Cc3ccccc3Cl)c3ccccc23)SC(=Nc2ccccc2)N1Cc1ccco1. The van der Waals surface area contributed by atoms with Crippen molar-refractivity contribution in [2.45, 2.75) is 13.1 Å². The Balaban J connectivity index is 1.39. The van der Waals surface area contributed by atoms with Gasteiger partial charge in [-0.05, 0) is 59.8 Å². The lowest BCUT2D eigenvalue weighted by molar-refractivity contribution is -0.122. The van der Waals surface area contributed by atoms with E-state index in [0.717, 1.165) is 32.7 Å². The van der Waals surface area contributed by atoms with Crippen molar-refractivity contribution in [2.75, 3.05) is 0 Å². The first-order valence-electron chi connectivity index (χ1n) is 11.8. The minimum Gasteiger partial charge on any atom is -0.467 e. The lowest BCUT2D eigenvalue weighted by Gasteiger charge is -2.13. The summed E-state index contributed by atoms with van der Waals surface area (Å²) >= 11 is 7.82. The molecule has 0 N–H and O–H groups in total. The number of amides is 1. The minimum atomic E-state index is -0.0981. The molecule has 1 amide bonds. The molecule has 1 fully saturated rings. The van der Waals surface area contributed by atoms with E-state index >= 15 is 0 Å². The largest absolute Gasteiger partial charge is 0.467 e. The van der Waals surface area contributed by atoms with Gasteiger partial charge < -0.3 is 8.98 Å². The molecule has 7 heteroatoms. The number of aliphatic imine (C=N–C) groups is 1. The number of carbonyl (C=O) groups is 1. The van der Waals surface area contributed by atoms with Crippen molar-refractivity contribution in [3.05, 3.63) is 130 Å². The van der Waals surface area contributed by atoms with E-state index in [1.165, 1.54) is 11.8 Å². The lowest BCUT2D eigenvalue weighted by atomic mass is 10.1. The van der Waals surface area contributed by atoms with E-state index in [2.05, 4.69) is 22.9 Å². The molecule has 0 unspecified atom stereocenters. The summed E-state index contributed by atoms with van der Waals surface area (Å²) in [4.78, 5) is 20.7. The molecule has 3 aromatic carbocycles. The Morgan fingerprint density at radius 2 is 1.68 bits per heavy atom. The molecular weight excluding hydrogens is 502 g/mol. The number of aromatic nitrogens is 1. The van der Waals surface area contributed by atoms with Crippen molar-refractivity contribution in [3.8, 4) is 0 Å². The van der Waals surface area contributed by atoms with Crippen LogP contribution in [0.15, 0.2) is 118 Å². The van der Waals surface area contributed by atoms with Crippen LogP contribution in [-0.4, -0.2) is 20.5 Å². The third kappa shape index (κ3) is 4.86. The molecule has 0 radical (unpaired) electrons. The van der Waals surface area contributed by atoms with Crippen LogP contribution in [0.2, 0.25) is 5.02 Å². The van der Waals surface area contributed by atoms with E-state index in [-0.39, 0.29) is 5.91 Å². The fraction of sp³-hybridized carbons (Fsp3) is 0.0667. The molecule has 3 heterocycles. The number of fused-ring (bicyclic) bond motifs is 1. The molecule has 1 saturated heterocycles. The number of thioether (sulfide) groups is 1. The normalized spacial score (nSPS) is 15.9. The van der Waals surface area contributed by atoms with E-state index in [1.807, 2.05) is 84.9 Å². The van der Waals surface area contributed by atoms with Crippen molar-refractivity contribution in [1.29, 1.82) is 0 Å². The molecule has 0 spiro atoms. The second kappa shape index (κ2) is 10.2. The number of hydrogen-bond donors (Lipinski definition) is 0. The summed E-state index contributed by atoms with van der Waals surface area (Å²) in [6.07, 6.45) is 5.65. The first kappa shape index (κ1) is 23.4. The first-order valence-corrected chi connectivity index (χ1v) is 13.0. The Kier molecular flexibility index (Phi) is 6.43. The van der Waals surface area contributed by atoms with Crippen LogP contribution in [0.5, 0.6) is 0 Å². The first-order chi connectivity index (χ1) is 18.2. The molecule has 0 saturated carbocycles. The number of carbonyl (C=O) groups excluding carboxylic acids is 1. The predicted octanol–water partition coefficient (Wildman–Crippen LogP) is 7.74. The minimum absolute atomic E-state index is 0.0981. The van der Waals surface area contributed by atoms with Crippen LogP contribution in [0.25, 0.3) is 17.0 Å². The molecule has 6 rings (SSSR count). The highest BCUT2D eigenvalue weighted by molar-refractivity contribution is 8.18. The molecular formula is C30H22ClN3O2S. The van der Waals surface area contributed by atoms with E-state index in [0.29, 0.717) is 28.9 Å². The van der Waals surface area contributed by atoms with E-state index in [1.54, 1.807) is 11.2 Å². The zero-order valence-corrected chi connectivity index (χ0v) is 21.3. The van der Waals surface area contributed by atoms with Gasteiger partial charge in [0.1, 0.15) is 5.76 Å². The Bertz CT molecular complexity index is 1640. The van der Waals surface area contributed by atoms with E-state index < -0.39 is 0 Å². The molecule has 1 aliphatic heterocycles. The fourth-order valence-electron chi connectivity index (χ4n) is 4.37. The highest BCUT2D eigenvalue weighted by Gasteiger charge is 2.34. The van der Waals surface area contributed by atoms with Crippen LogP contribution in [0, 0.1) is 0 Å². The summed E-state index contributed by atoms with van der Waals surface area (Å²) in [6, 6.07) is 29.4. The summed E-state index contributed by atoms with van der Waals surface area (Å²) < 4.78 is 7.70. The van der Waals surface area contributed by atoms with Gasteiger partial charge in [0.05, 0.1) is 23.4 Å². The molecule has 0 aliphatic carbocycles. The highest BCUT2D eigenvalue weighted by Crippen LogP contribution is 2.37. The maximum Gasteiger partial charge on any atom is 0.267 e. The summed E-state index contributed by atoms with van der Waals surface area (Å²) in [5.41, 5.74) is 3.88. The fourth-order valence-corrected chi connectivity index (χ4v) is 5.56. The summed E-state index contributed by atoms with van der Waals surface area (Å²) in [7, 11) is 0. The van der Waals surface area contributed by atoms with Gasteiger partial charge in [0.15, 0.2) is 5.17 Å². The standard InChI is InChI=1S/C30H22ClN3O2S/c31-26-14-6-4-9-21(26)18-33-19-22(25-13-5-7-15-27(25)33)17-28-29(35)34(20-24-12-8-16-36-24)30(37-28)32-23-10-2-1-3-11-23/h1-17,19H,18,20H2/b28-17+,32-30?. The van der Waals surface area contributed by atoms with Crippen LogP contribution in [0.3, 0.4) is 0 Å². The molecule has 37 heavy (non-hydrogen) atoms. The number of nitrogens with zero attached hydrogens (tertiary/aromatic N) is 3. The summed E-state index contributed by atoms with van der Waals surface area (Å²) in [5, 5.41) is 2.43. The molecule has 0 bridgehead atoms. The number of furan rings is 1. The second-order valence-electron chi connectivity index (χ2n) is 8.63. The molecule has 182 valence electrons. The Morgan fingerprint density at radius 1 is 0.892 bits per heavy atom. The van der Waals surface area contributed by atoms with Gasteiger partial charge in [-0.1, -0.05) is 66.2 Å². The average Bonchev–Trinajstić information content (AvgIpc) is 3.63. The topological polar surface area (TPSA) is 50.7 Å². The quantitative estimate of drug-likeness (QED) is 0.214. The van der Waals surface area contributed by atoms with E-state index in [4.69, 9.17) is 21.0 Å². The molecule has 1 aliphatic rings. The Hall–Kier alpha value is -4.00. The lowest BCUT2D eigenvalue weighted by Crippen LogP contribution is -2.28. The van der Waals surface area contributed by atoms with Gasteiger partial charge in [0.2, 0.25) is 0 Å². The highest BCUT2D eigenvalue weighted by atomic mass is 35.5. The number of halogens is 1. The zero-order chi connectivity index (χ0) is 25.2. The second-order valence-corrected chi connectivity index (χ2v) is 10.0. The number of amidine groups is 1. The van der Waals surface area contributed by atoms with Crippen LogP contribution in [0.1, 0.15) is 16.9 Å². The maximum absolute atomic E-state index is 13.6.